The fourth-order valence-corrected chi connectivity index (χ4v) is 2.17. The van der Waals surface area contributed by atoms with E-state index in [4.69, 9.17) is 10.3 Å². The van der Waals surface area contributed by atoms with Crippen LogP contribution in [0.4, 0.5) is 0 Å². The monoisotopic (exact) mass is 279 g/mol. The van der Waals surface area contributed by atoms with E-state index in [9.17, 15) is 9.36 Å². The van der Waals surface area contributed by atoms with Crippen LogP contribution in [-0.2, 0) is 18.4 Å². The molecule has 0 aliphatic rings. The fourth-order valence-electron chi connectivity index (χ4n) is 1.54. The van der Waals surface area contributed by atoms with Crippen LogP contribution in [0.25, 0.3) is 0 Å². The van der Waals surface area contributed by atoms with Crippen molar-refractivity contribution in [1.29, 1.82) is 0 Å². The minimum Gasteiger partial charge on any atom is -0.394 e. The number of hydrogen-bond acceptors (Lipinski definition) is 5. The molecule has 0 aromatic carbocycles. The van der Waals surface area contributed by atoms with Gasteiger partial charge < -0.3 is 14.8 Å². The van der Waals surface area contributed by atoms with Crippen molar-refractivity contribution in [3.63, 3.8) is 0 Å². The average Bonchev–Trinajstić information content (AvgIpc) is 2.35. The Balaban J connectivity index is 3.34. The first-order chi connectivity index (χ1) is 8.70. The third-order valence-electron chi connectivity index (χ3n) is 2.52. The molecule has 18 heavy (non-hydrogen) atoms. The highest BCUT2D eigenvalue weighted by atomic mass is 31.1. The second kappa shape index (κ2) is 13.1. The molecule has 5 nitrogen and oxygen atoms in total. The summed E-state index contributed by atoms with van der Waals surface area (Å²) in [7, 11) is -2.68. The summed E-state index contributed by atoms with van der Waals surface area (Å²) >= 11 is 0. The molecule has 0 aromatic rings. The summed E-state index contributed by atoms with van der Waals surface area (Å²) in [5, 5.41) is 0. The molecule has 0 radical (unpaired) electrons. The van der Waals surface area contributed by atoms with Crippen molar-refractivity contribution in [2.75, 3.05) is 13.2 Å². The smallest absolute Gasteiger partial charge is 0.370 e. The lowest BCUT2D eigenvalue weighted by atomic mass is 10.1. The molecule has 1 atom stereocenters. The first-order valence-corrected chi connectivity index (χ1v) is 8.00. The van der Waals surface area contributed by atoms with E-state index in [0.29, 0.717) is 6.42 Å². The lowest BCUT2D eigenvalue weighted by Crippen LogP contribution is -2.06. The van der Waals surface area contributed by atoms with Gasteiger partial charge in [0.05, 0.1) is 6.61 Å². The van der Waals surface area contributed by atoms with E-state index >= 15 is 0 Å². The minimum atomic E-state index is -2.68. The van der Waals surface area contributed by atoms with Crippen LogP contribution < -0.4 is 5.73 Å². The molecule has 0 heterocycles. The van der Waals surface area contributed by atoms with E-state index in [1.807, 2.05) is 0 Å². The van der Waals surface area contributed by atoms with Gasteiger partial charge in [-0.05, 0) is 6.42 Å². The van der Waals surface area contributed by atoms with Crippen LogP contribution in [0.5, 0.6) is 0 Å². The zero-order valence-corrected chi connectivity index (χ0v) is 12.3. The normalized spacial score (nSPS) is 12.3. The Morgan fingerprint density at radius 2 is 1.72 bits per heavy atom. The Morgan fingerprint density at radius 1 is 1.11 bits per heavy atom. The highest BCUT2D eigenvalue weighted by Crippen LogP contribution is 2.24. The molecule has 0 fully saturated rings. The van der Waals surface area contributed by atoms with Crippen LogP contribution in [0.1, 0.15) is 58.3 Å². The summed E-state index contributed by atoms with van der Waals surface area (Å²) in [4.78, 5) is 11.2. The van der Waals surface area contributed by atoms with Gasteiger partial charge in [-0.3, -0.25) is 4.79 Å². The van der Waals surface area contributed by atoms with Crippen LogP contribution in [0, 0.1) is 0 Å². The fraction of sp³-hybridized carbons (Fsp3) is 0.917. The predicted molar refractivity (Wildman–Crippen MR) is 72.7 cm³/mol. The number of hydrogen-bond donors (Lipinski definition) is 1. The summed E-state index contributed by atoms with van der Waals surface area (Å²) in [5.74, 6) is -0.440. The van der Waals surface area contributed by atoms with Gasteiger partial charge in [0, 0.05) is 13.0 Å². The van der Waals surface area contributed by atoms with Crippen molar-refractivity contribution in [1.82, 2.24) is 0 Å². The van der Waals surface area contributed by atoms with E-state index < -0.39 is 14.2 Å². The second-order valence-electron chi connectivity index (χ2n) is 4.23. The van der Waals surface area contributed by atoms with Crippen LogP contribution in [0.15, 0.2) is 0 Å². The standard InChI is InChI=1S/C12H26NO4P/c1-2-3-4-5-6-7-8-9-12(14)17-18(15)16-11-10-13/h18H,2-11,13H2,1H3. The van der Waals surface area contributed by atoms with Crippen LogP contribution in [-0.4, -0.2) is 19.1 Å². The van der Waals surface area contributed by atoms with Gasteiger partial charge in [-0.15, -0.1) is 0 Å². The molecule has 0 aliphatic heterocycles. The number of rotatable bonds is 12. The first kappa shape index (κ1) is 17.6. The maximum absolute atomic E-state index is 11.2. The molecule has 0 rings (SSSR count). The van der Waals surface area contributed by atoms with Crippen LogP contribution in [0.3, 0.4) is 0 Å². The van der Waals surface area contributed by atoms with Crippen molar-refractivity contribution in [3.05, 3.63) is 0 Å². The van der Waals surface area contributed by atoms with Crippen LogP contribution >= 0.6 is 8.25 Å². The third kappa shape index (κ3) is 12.1. The molecule has 1 unspecified atom stereocenters. The number of nitrogens with two attached hydrogens (primary N) is 1. The van der Waals surface area contributed by atoms with Crippen molar-refractivity contribution >= 4 is 14.2 Å². The van der Waals surface area contributed by atoms with Gasteiger partial charge >= 0.3 is 14.2 Å². The highest BCUT2D eigenvalue weighted by Gasteiger charge is 2.07. The summed E-state index contributed by atoms with van der Waals surface area (Å²) in [6.45, 7) is 2.61. The molecule has 0 saturated heterocycles. The average molecular weight is 279 g/mol. The third-order valence-corrected chi connectivity index (χ3v) is 3.35. The minimum absolute atomic E-state index is 0.155. The summed E-state index contributed by atoms with van der Waals surface area (Å²) < 4.78 is 20.4. The molecule has 2 N–H and O–H groups in total. The molecule has 108 valence electrons. The molecule has 0 aliphatic carbocycles. The van der Waals surface area contributed by atoms with Gasteiger partial charge in [-0.2, -0.15) is 0 Å². The van der Waals surface area contributed by atoms with Gasteiger partial charge in [-0.1, -0.05) is 45.4 Å². The predicted octanol–water partition coefficient (Wildman–Crippen LogP) is 3.04. The van der Waals surface area contributed by atoms with Crippen molar-refractivity contribution < 1.29 is 18.4 Å². The number of carbonyl (C=O) groups excluding carboxylic acids is 1. The number of carbonyl (C=O) groups is 1. The summed E-state index contributed by atoms with van der Waals surface area (Å²) in [6, 6.07) is 0. The van der Waals surface area contributed by atoms with Gasteiger partial charge in [0.25, 0.3) is 0 Å². The summed E-state index contributed by atoms with van der Waals surface area (Å²) in [6.07, 6.45) is 8.27. The van der Waals surface area contributed by atoms with E-state index in [-0.39, 0.29) is 13.2 Å². The van der Waals surface area contributed by atoms with Gasteiger partial charge in [0.15, 0.2) is 0 Å². The van der Waals surface area contributed by atoms with E-state index in [2.05, 4.69) is 11.4 Å². The van der Waals surface area contributed by atoms with Crippen molar-refractivity contribution in [2.24, 2.45) is 5.73 Å². The lowest BCUT2D eigenvalue weighted by molar-refractivity contribution is -0.134. The quantitative estimate of drug-likeness (QED) is 0.439. The lowest BCUT2D eigenvalue weighted by Gasteiger charge is -2.04. The van der Waals surface area contributed by atoms with E-state index in [1.54, 1.807) is 0 Å². The molecular weight excluding hydrogens is 253 g/mol. The SMILES string of the molecule is CCCCCCCCCC(=O)O[PH](=O)OCCN. The molecule has 0 bridgehead atoms. The van der Waals surface area contributed by atoms with Gasteiger partial charge in [0.2, 0.25) is 0 Å². The maximum atomic E-state index is 11.2. The summed E-state index contributed by atoms with van der Waals surface area (Å²) in [5.41, 5.74) is 5.17. The topological polar surface area (TPSA) is 78.6 Å². The Kier molecular flexibility index (Phi) is 12.8. The van der Waals surface area contributed by atoms with Crippen LogP contribution in [0.2, 0.25) is 0 Å². The van der Waals surface area contributed by atoms with E-state index in [0.717, 1.165) is 19.3 Å². The van der Waals surface area contributed by atoms with E-state index in [1.165, 1.54) is 25.7 Å². The molecular formula is C12H26NO4P. The van der Waals surface area contributed by atoms with Gasteiger partial charge in [-0.25, -0.2) is 4.57 Å². The maximum Gasteiger partial charge on any atom is 0.370 e. The largest absolute Gasteiger partial charge is 0.394 e. The van der Waals surface area contributed by atoms with Gasteiger partial charge in [0.1, 0.15) is 0 Å². The highest BCUT2D eigenvalue weighted by molar-refractivity contribution is 7.34. The Morgan fingerprint density at radius 3 is 2.33 bits per heavy atom. The molecule has 6 heteroatoms. The second-order valence-corrected chi connectivity index (χ2v) is 5.23. The zero-order chi connectivity index (χ0) is 13.6. The molecule has 0 aromatic heterocycles. The molecule has 0 amide bonds. The molecule has 0 spiro atoms. The molecule has 0 saturated carbocycles. The zero-order valence-electron chi connectivity index (χ0n) is 11.3. The van der Waals surface area contributed by atoms with Crippen molar-refractivity contribution in [3.8, 4) is 0 Å². The Hall–Kier alpha value is -0.380. The Bertz CT molecular complexity index is 236. The first-order valence-electron chi connectivity index (χ1n) is 6.78. The Labute approximate surface area is 110 Å². The van der Waals surface area contributed by atoms with Crippen molar-refractivity contribution in [2.45, 2.75) is 58.3 Å². The number of unbranched alkanes of at least 4 members (excludes halogenated alkanes) is 6.